The van der Waals surface area contributed by atoms with E-state index in [2.05, 4.69) is 0 Å². The second-order valence-electron chi connectivity index (χ2n) is 10.2. The van der Waals surface area contributed by atoms with Crippen molar-refractivity contribution in [2.24, 2.45) is 0 Å². The van der Waals surface area contributed by atoms with Crippen molar-refractivity contribution >= 4 is 11.6 Å². The summed E-state index contributed by atoms with van der Waals surface area (Å²) in [6, 6.07) is 6.98. The van der Waals surface area contributed by atoms with Crippen molar-refractivity contribution in [2.45, 2.75) is 68.3 Å². The molecule has 1 aliphatic carbocycles. The lowest BCUT2D eigenvalue weighted by atomic mass is 9.82. The quantitative estimate of drug-likeness (QED) is 0.151. The van der Waals surface area contributed by atoms with Gasteiger partial charge in [0.25, 0.3) is 0 Å². The first-order valence-electron chi connectivity index (χ1n) is 12.8. The number of carbonyl (C=O) groups excluding carboxylic acids is 2. The molecule has 0 spiro atoms. The maximum absolute atomic E-state index is 13.4. The summed E-state index contributed by atoms with van der Waals surface area (Å²) in [6.45, 7) is 0.354. The van der Waals surface area contributed by atoms with Gasteiger partial charge in [0.15, 0.2) is 12.1 Å². The van der Waals surface area contributed by atoms with Crippen LogP contribution in [-0.2, 0) is 14.2 Å². The Balaban J connectivity index is 1.38. The van der Waals surface area contributed by atoms with E-state index in [1.54, 1.807) is 6.92 Å². The number of benzene rings is 2. The third-order valence-corrected chi connectivity index (χ3v) is 7.42. The van der Waals surface area contributed by atoms with E-state index < -0.39 is 91.9 Å². The minimum atomic E-state index is -1.83. The summed E-state index contributed by atoms with van der Waals surface area (Å²) < 4.78 is 22.1. The van der Waals surface area contributed by atoms with Crippen LogP contribution in [0, 0.1) is 6.92 Å². The number of aryl methyl sites for hydroxylation is 1. The number of phenols is 1. The van der Waals surface area contributed by atoms with E-state index in [1.807, 2.05) is 0 Å². The average Bonchev–Trinajstić information content (AvgIpc) is 2.94. The van der Waals surface area contributed by atoms with Crippen molar-refractivity contribution in [1.82, 2.24) is 0 Å². The van der Waals surface area contributed by atoms with Crippen LogP contribution in [0.1, 0.15) is 37.4 Å². The second kappa shape index (κ2) is 11.3. The third kappa shape index (κ3) is 5.12. The lowest BCUT2D eigenvalue weighted by molar-refractivity contribution is -0.323. The maximum Gasteiger partial charge on any atom is 0.229 e. The molecule has 2 heterocycles. The normalized spacial score (nSPS) is 35.1. The predicted octanol–water partition coefficient (Wildman–Crippen LogP) is -2.52. The van der Waals surface area contributed by atoms with Gasteiger partial charge in [-0.05, 0) is 30.7 Å². The molecule has 14 nitrogen and oxygen atoms in total. The monoisotopic (exact) mass is 578 g/mol. The molecular formula is C27H30O14. The van der Waals surface area contributed by atoms with Crippen molar-refractivity contribution in [3.05, 3.63) is 58.1 Å². The second-order valence-corrected chi connectivity index (χ2v) is 10.2. The Morgan fingerprint density at radius 3 is 2.07 bits per heavy atom. The number of carbonyl (C=O) groups is 2. The van der Waals surface area contributed by atoms with Crippen LogP contribution >= 0.6 is 0 Å². The lowest BCUT2D eigenvalue weighted by Gasteiger charge is -2.42. The van der Waals surface area contributed by atoms with E-state index >= 15 is 0 Å². The van der Waals surface area contributed by atoms with Crippen LogP contribution in [0.25, 0.3) is 0 Å². The molecule has 0 aromatic heterocycles. The number of rotatable bonds is 6. The van der Waals surface area contributed by atoms with Gasteiger partial charge in [-0.3, -0.25) is 9.59 Å². The first-order chi connectivity index (χ1) is 19.4. The molecule has 2 aliphatic heterocycles. The largest absolute Gasteiger partial charge is 0.507 e. The fraction of sp³-hybridized carbons (Fsp3) is 0.481. The summed E-state index contributed by atoms with van der Waals surface area (Å²) in [6.07, 6.45) is -16.4. The van der Waals surface area contributed by atoms with Gasteiger partial charge in [0, 0.05) is 11.1 Å². The summed E-state index contributed by atoms with van der Waals surface area (Å²) in [7, 11) is 0. The fourth-order valence-corrected chi connectivity index (χ4v) is 5.17. The lowest BCUT2D eigenvalue weighted by Crippen LogP contribution is -2.62. The zero-order valence-corrected chi connectivity index (χ0v) is 21.6. The Hall–Kier alpha value is -3.02. The number of phenolic OH excluding ortho intramolecular Hbond substituents is 1. The topological polar surface area (TPSA) is 233 Å². The molecule has 0 amide bonds. The van der Waals surface area contributed by atoms with Crippen LogP contribution in [0.15, 0.2) is 30.3 Å². The standard InChI is InChI=1S/C27H30O14/c1-9-5-11-17(21(33)16-10(18(11)30)3-2-4-12(16)29)13(6-9)39-27-25(37)23(35)20(32)15(41-27)8-38-26-24(36)22(34)19(31)14(7-28)40-26/h2-6,14-15,19-20,22-29,31-32,34-37H,7-8H2,1H3/t14-,15?,19-,20-,22-,23-,24-,25-,26-,27-/m1/s1. The van der Waals surface area contributed by atoms with Crippen LogP contribution in [0.2, 0.25) is 0 Å². The molecule has 8 N–H and O–H groups in total. The molecule has 5 rings (SSSR count). The molecule has 222 valence electrons. The summed E-state index contributed by atoms with van der Waals surface area (Å²) in [5.74, 6) is -1.84. The molecule has 2 saturated heterocycles. The number of ether oxygens (including phenoxy) is 4. The van der Waals surface area contributed by atoms with Gasteiger partial charge in [0.1, 0.15) is 60.3 Å². The molecule has 14 heteroatoms. The molecule has 0 saturated carbocycles. The molecule has 41 heavy (non-hydrogen) atoms. The smallest absolute Gasteiger partial charge is 0.229 e. The first-order valence-corrected chi connectivity index (χ1v) is 12.8. The summed E-state index contributed by atoms with van der Waals surface area (Å²) in [5.41, 5.74) is 0.107. The molecule has 3 aliphatic rings. The molecule has 2 aromatic carbocycles. The maximum atomic E-state index is 13.4. The van der Waals surface area contributed by atoms with Crippen LogP contribution in [0.3, 0.4) is 0 Å². The molecular weight excluding hydrogens is 548 g/mol. The Morgan fingerprint density at radius 1 is 0.756 bits per heavy atom. The molecule has 1 unspecified atom stereocenters. The van der Waals surface area contributed by atoms with Crippen molar-refractivity contribution in [3.63, 3.8) is 0 Å². The van der Waals surface area contributed by atoms with Gasteiger partial charge in [-0.1, -0.05) is 12.1 Å². The number of hydrogen-bond acceptors (Lipinski definition) is 14. The number of fused-ring (bicyclic) bond motifs is 2. The number of aromatic hydroxyl groups is 1. The third-order valence-electron chi connectivity index (χ3n) is 7.42. The Kier molecular flexibility index (Phi) is 8.15. The van der Waals surface area contributed by atoms with Crippen LogP contribution in [0.4, 0.5) is 0 Å². The number of hydrogen-bond donors (Lipinski definition) is 8. The Bertz CT molecular complexity index is 1330. The Morgan fingerprint density at radius 2 is 1.39 bits per heavy atom. The minimum absolute atomic E-state index is 0.00326. The van der Waals surface area contributed by atoms with Gasteiger partial charge in [-0.2, -0.15) is 0 Å². The molecule has 0 radical (unpaired) electrons. The van der Waals surface area contributed by atoms with Gasteiger partial charge < -0.3 is 59.8 Å². The zero-order valence-electron chi connectivity index (χ0n) is 21.6. The summed E-state index contributed by atoms with van der Waals surface area (Å²) in [5, 5.41) is 81.4. The van der Waals surface area contributed by atoms with Crippen molar-refractivity contribution < 1.29 is 69.4 Å². The minimum Gasteiger partial charge on any atom is -0.507 e. The van der Waals surface area contributed by atoms with Gasteiger partial charge in [0.2, 0.25) is 12.1 Å². The van der Waals surface area contributed by atoms with Gasteiger partial charge in [0.05, 0.1) is 24.3 Å². The van der Waals surface area contributed by atoms with E-state index in [9.17, 15) is 50.4 Å². The van der Waals surface area contributed by atoms with Crippen LogP contribution < -0.4 is 4.74 Å². The van der Waals surface area contributed by atoms with Gasteiger partial charge in [-0.25, -0.2) is 0 Å². The highest BCUT2D eigenvalue weighted by Gasteiger charge is 2.48. The molecule has 0 bridgehead atoms. The summed E-state index contributed by atoms with van der Waals surface area (Å²) in [4.78, 5) is 26.6. The molecule has 2 fully saturated rings. The SMILES string of the molecule is Cc1cc(O[C@@H]2OC(CO[C@@H]3O[C@H](CO)[C@@H](O)[C@@H](O)[C@H]3O)[C@@H](O)[C@@H](O)[C@H]2O)c2c(c1)C(=O)c1cccc(O)c1C2=O. The Labute approximate surface area is 232 Å². The molecule has 10 atom stereocenters. The van der Waals surface area contributed by atoms with Crippen LogP contribution in [0.5, 0.6) is 11.5 Å². The summed E-state index contributed by atoms with van der Waals surface area (Å²) >= 11 is 0. The number of ketones is 2. The van der Waals surface area contributed by atoms with Crippen LogP contribution in [-0.4, -0.2) is 127 Å². The van der Waals surface area contributed by atoms with E-state index in [0.717, 1.165) is 0 Å². The van der Waals surface area contributed by atoms with Gasteiger partial charge >= 0.3 is 0 Å². The van der Waals surface area contributed by atoms with E-state index in [1.165, 1.54) is 30.3 Å². The molecule has 2 aromatic rings. The first kappa shape index (κ1) is 29.5. The highest BCUT2D eigenvalue weighted by molar-refractivity contribution is 6.30. The van der Waals surface area contributed by atoms with Gasteiger partial charge in [-0.15, -0.1) is 0 Å². The van der Waals surface area contributed by atoms with E-state index in [4.69, 9.17) is 18.9 Å². The number of aliphatic hydroxyl groups is 7. The fourth-order valence-electron chi connectivity index (χ4n) is 5.17. The van der Waals surface area contributed by atoms with E-state index in [-0.39, 0.29) is 28.0 Å². The van der Waals surface area contributed by atoms with E-state index in [0.29, 0.717) is 5.56 Å². The van der Waals surface area contributed by atoms with Crippen molar-refractivity contribution in [2.75, 3.05) is 13.2 Å². The van der Waals surface area contributed by atoms with Crippen molar-refractivity contribution in [3.8, 4) is 11.5 Å². The highest BCUT2D eigenvalue weighted by Crippen LogP contribution is 2.39. The highest BCUT2D eigenvalue weighted by atomic mass is 16.7. The van der Waals surface area contributed by atoms with Crippen molar-refractivity contribution in [1.29, 1.82) is 0 Å². The zero-order chi connectivity index (χ0) is 29.7. The number of aliphatic hydroxyl groups excluding tert-OH is 7. The predicted molar refractivity (Wildman–Crippen MR) is 133 cm³/mol. The average molecular weight is 579 g/mol.